The minimum atomic E-state index is -1.08. The highest BCUT2D eigenvalue weighted by Crippen LogP contribution is 2.32. The van der Waals surface area contributed by atoms with E-state index in [0.717, 1.165) is 30.2 Å². The summed E-state index contributed by atoms with van der Waals surface area (Å²) in [5.74, 6) is 2.59. The molecule has 2 heterocycles. The van der Waals surface area contributed by atoms with Crippen LogP contribution in [0.15, 0.2) is 40.9 Å². The first-order chi connectivity index (χ1) is 14.1. The fourth-order valence-corrected chi connectivity index (χ4v) is 2.92. The van der Waals surface area contributed by atoms with Gasteiger partial charge in [0.05, 0.1) is 18.8 Å². The summed E-state index contributed by atoms with van der Waals surface area (Å²) in [6, 6.07) is 8.79. The number of carbonyl (C=O) groups is 1. The Labute approximate surface area is 167 Å². The molecule has 1 aliphatic carbocycles. The quantitative estimate of drug-likeness (QED) is 0.560. The topological polar surface area (TPSA) is 107 Å². The minimum absolute atomic E-state index is 0.208. The predicted molar refractivity (Wildman–Crippen MR) is 106 cm³/mol. The second kappa shape index (κ2) is 8.38. The van der Waals surface area contributed by atoms with E-state index in [0.29, 0.717) is 22.9 Å². The Balaban J connectivity index is 1.38. The van der Waals surface area contributed by atoms with Crippen LogP contribution in [0, 0.1) is 5.92 Å². The molecule has 1 atom stereocenters. The molecule has 2 N–H and O–H groups in total. The van der Waals surface area contributed by atoms with E-state index in [-0.39, 0.29) is 12.6 Å². The normalized spacial score (nSPS) is 14.5. The summed E-state index contributed by atoms with van der Waals surface area (Å²) < 4.78 is 17.1. The van der Waals surface area contributed by atoms with Crippen molar-refractivity contribution < 1.29 is 23.8 Å². The monoisotopic (exact) mass is 397 g/mol. The molecule has 0 unspecified atom stereocenters. The third-order valence-corrected chi connectivity index (χ3v) is 4.68. The number of nitrogens with zero attached hydrogens (tertiary/aromatic N) is 2. The van der Waals surface area contributed by atoms with Gasteiger partial charge >= 0.3 is 6.09 Å². The van der Waals surface area contributed by atoms with E-state index in [1.165, 1.54) is 12.8 Å². The molecule has 2 aromatic heterocycles. The molecule has 8 heteroatoms. The van der Waals surface area contributed by atoms with Crippen molar-refractivity contribution in [1.29, 1.82) is 0 Å². The standard InChI is InChI=1S/C21H23N3O5/c1-13(23-21(25)26)12-28-16-4-6-17(22-11-16)20-24-18-10-15(5-7-19(18)29-20)27-9-8-14-2-3-14/h4-7,10-11,13-14,23H,2-3,8-9,12H2,1H3,(H,25,26)/t13-/m0/s1. The molecule has 29 heavy (non-hydrogen) atoms. The van der Waals surface area contributed by atoms with Gasteiger partial charge < -0.3 is 24.3 Å². The maximum absolute atomic E-state index is 10.6. The first-order valence-electron chi connectivity index (χ1n) is 9.69. The number of ether oxygens (including phenoxy) is 2. The van der Waals surface area contributed by atoms with Crippen LogP contribution in [-0.2, 0) is 0 Å². The Morgan fingerprint density at radius 3 is 2.83 bits per heavy atom. The molecule has 1 fully saturated rings. The molecule has 1 amide bonds. The molecular weight excluding hydrogens is 374 g/mol. The van der Waals surface area contributed by atoms with Crippen molar-refractivity contribution in [3.63, 3.8) is 0 Å². The molecule has 152 valence electrons. The van der Waals surface area contributed by atoms with Crippen LogP contribution >= 0.6 is 0 Å². The first-order valence-corrected chi connectivity index (χ1v) is 9.69. The molecule has 0 saturated heterocycles. The Morgan fingerprint density at radius 1 is 1.28 bits per heavy atom. The largest absolute Gasteiger partial charge is 0.494 e. The smallest absolute Gasteiger partial charge is 0.404 e. The number of hydrogen-bond acceptors (Lipinski definition) is 6. The van der Waals surface area contributed by atoms with E-state index in [9.17, 15) is 4.79 Å². The molecule has 0 bridgehead atoms. The van der Waals surface area contributed by atoms with Gasteiger partial charge in [0.25, 0.3) is 0 Å². The summed E-state index contributed by atoms with van der Waals surface area (Å²) in [6.45, 7) is 2.66. The van der Waals surface area contributed by atoms with Crippen LogP contribution in [0.25, 0.3) is 22.7 Å². The number of aromatic nitrogens is 2. The lowest BCUT2D eigenvalue weighted by Crippen LogP contribution is -2.35. The number of oxazole rings is 1. The van der Waals surface area contributed by atoms with E-state index in [4.69, 9.17) is 19.0 Å². The summed E-state index contributed by atoms with van der Waals surface area (Å²) >= 11 is 0. The van der Waals surface area contributed by atoms with Crippen molar-refractivity contribution in [3.05, 3.63) is 36.5 Å². The zero-order chi connectivity index (χ0) is 20.2. The van der Waals surface area contributed by atoms with Gasteiger partial charge in [0, 0.05) is 6.07 Å². The van der Waals surface area contributed by atoms with Crippen molar-refractivity contribution in [3.8, 4) is 23.1 Å². The summed E-state index contributed by atoms with van der Waals surface area (Å²) in [5, 5.41) is 11.0. The highest BCUT2D eigenvalue weighted by molar-refractivity contribution is 5.77. The highest BCUT2D eigenvalue weighted by atomic mass is 16.5. The maximum Gasteiger partial charge on any atom is 0.404 e. The minimum Gasteiger partial charge on any atom is -0.494 e. The lowest BCUT2D eigenvalue weighted by Gasteiger charge is -2.12. The van der Waals surface area contributed by atoms with Crippen LogP contribution in [-0.4, -0.2) is 40.4 Å². The number of benzene rings is 1. The number of carboxylic acid groups (broad SMARTS) is 1. The Morgan fingerprint density at radius 2 is 2.10 bits per heavy atom. The van der Waals surface area contributed by atoms with Gasteiger partial charge in [-0.05, 0) is 43.5 Å². The molecule has 1 saturated carbocycles. The van der Waals surface area contributed by atoms with Gasteiger partial charge in [-0.3, -0.25) is 0 Å². The molecule has 1 aromatic carbocycles. The zero-order valence-corrected chi connectivity index (χ0v) is 16.1. The summed E-state index contributed by atoms with van der Waals surface area (Å²) in [5.41, 5.74) is 1.98. The fourth-order valence-electron chi connectivity index (χ4n) is 2.92. The average molecular weight is 397 g/mol. The van der Waals surface area contributed by atoms with Gasteiger partial charge in [0.15, 0.2) is 5.58 Å². The van der Waals surface area contributed by atoms with Gasteiger partial charge in [0.1, 0.15) is 29.3 Å². The van der Waals surface area contributed by atoms with E-state index in [2.05, 4.69) is 15.3 Å². The van der Waals surface area contributed by atoms with Crippen LogP contribution in [0.1, 0.15) is 26.2 Å². The van der Waals surface area contributed by atoms with E-state index in [1.54, 1.807) is 25.3 Å². The molecule has 3 aromatic rings. The molecule has 0 spiro atoms. The summed E-state index contributed by atoms with van der Waals surface area (Å²) in [7, 11) is 0. The number of nitrogens with one attached hydrogen (secondary N) is 1. The second-order valence-corrected chi connectivity index (χ2v) is 7.27. The third kappa shape index (κ3) is 5.16. The van der Waals surface area contributed by atoms with Gasteiger partial charge in [-0.25, -0.2) is 14.8 Å². The van der Waals surface area contributed by atoms with Crippen molar-refractivity contribution in [1.82, 2.24) is 15.3 Å². The third-order valence-electron chi connectivity index (χ3n) is 4.68. The van der Waals surface area contributed by atoms with Gasteiger partial charge in [0.2, 0.25) is 5.89 Å². The first kappa shape index (κ1) is 19.0. The van der Waals surface area contributed by atoms with Crippen LogP contribution in [0.5, 0.6) is 11.5 Å². The molecule has 8 nitrogen and oxygen atoms in total. The highest BCUT2D eigenvalue weighted by Gasteiger charge is 2.20. The van der Waals surface area contributed by atoms with E-state index < -0.39 is 6.09 Å². The van der Waals surface area contributed by atoms with Crippen molar-refractivity contribution in [2.24, 2.45) is 5.92 Å². The van der Waals surface area contributed by atoms with Crippen LogP contribution in [0.3, 0.4) is 0 Å². The van der Waals surface area contributed by atoms with E-state index >= 15 is 0 Å². The van der Waals surface area contributed by atoms with Gasteiger partial charge in [-0.1, -0.05) is 12.8 Å². The molecule has 1 aliphatic rings. The lowest BCUT2D eigenvalue weighted by atomic mass is 10.3. The molecule has 0 aliphatic heterocycles. The molecular formula is C21H23N3O5. The van der Waals surface area contributed by atoms with Gasteiger partial charge in [-0.15, -0.1) is 0 Å². The number of amides is 1. The molecule has 0 radical (unpaired) electrons. The van der Waals surface area contributed by atoms with Crippen LogP contribution < -0.4 is 14.8 Å². The molecule has 4 rings (SSSR count). The summed E-state index contributed by atoms with van der Waals surface area (Å²) in [6.07, 6.45) is 4.23. The second-order valence-electron chi connectivity index (χ2n) is 7.27. The van der Waals surface area contributed by atoms with Crippen molar-refractivity contribution >= 4 is 17.2 Å². The Bertz CT molecular complexity index is 982. The van der Waals surface area contributed by atoms with Crippen LogP contribution in [0.2, 0.25) is 0 Å². The van der Waals surface area contributed by atoms with Crippen LogP contribution in [0.4, 0.5) is 4.79 Å². The van der Waals surface area contributed by atoms with Gasteiger partial charge in [-0.2, -0.15) is 0 Å². The number of fused-ring (bicyclic) bond motifs is 1. The SMILES string of the molecule is C[C@@H](COc1ccc(-c2nc3cc(OCCC4CC4)ccc3o2)nc1)NC(=O)O. The number of hydrogen-bond donors (Lipinski definition) is 2. The average Bonchev–Trinajstić information content (AvgIpc) is 3.42. The van der Waals surface area contributed by atoms with Crippen molar-refractivity contribution in [2.75, 3.05) is 13.2 Å². The predicted octanol–water partition coefficient (Wildman–Crippen LogP) is 4.10. The number of rotatable bonds is 9. The zero-order valence-electron chi connectivity index (χ0n) is 16.1. The van der Waals surface area contributed by atoms with Crippen molar-refractivity contribution in [2.45, 2.75) is 32.2 Å². The Kier molecular flexibility index (Phi) is 5.50. The fraction of sp³-hybridized carbons (Fsp3) is 0.381. The summed E-state index contributed by atoms with van der Waals surface area (Å²) in [4.78, 5) is 19.4. The lowest BCUT2D eigenvalue weighted by molar-refractivity contribution is 0.183. The number of pyridine rings is 1. The maximum atomic E-state index is 10.6. The van der Waals surface area contributed by atoms with E-state index in [1.807, 2.05) is 18.2 Å². The Hall–Kier alpha value is -3.29.